The van der Waals surface area contributed by atoms with E-state index in [2.05, 4.69) is 29.3 Å². The van der Waals surface area contributed by atoms with Gasteiger partial charge in [-0.25, -0.2) is 0 Å². The topological polar surface area (TPSA) is 50.8 Å². The van der Waals surface area contributed by atoms with Crippen molar-refractivity contribution in [3.05, 3.63) is 59.7 Å². The first kappa shape index (κ1) is 18.8. The molecule has 0 spiro atoms. The maximum atomic E-state index is 12.5. The molecule has 2 heterocycles. The number of carbonyl (C=O) groups excluding carboxylic acids is 1. The Hall–Kier alpha value is -2.53. The normalized spacial score (nSPS) is 21.9. The first-order chi connectivity index (χ1) is 13.7. The van der Waals surface area contributed by atoms with Gasteiger partial charge < -0.3 is 14.8 Å². The van der Waals surface area contributed by atoms with E-state index < -0.39 is 0 Å². The van der Waals surface area contributed by atoms with Gasteiger partial charge in [-0.2, -0.15) is 0 Å². The highest BCUT2D eigenvalue weighted by molar-refractivity contribution is 5.94. The lowest BCUT2D eigenvalue weighted by atomic mass is 9.99. The number of ether oxygens (including phenoxy) is 2. The lowest BCUT2D eigenvalue weighted by Gasteiger charge is -2.30. The number of nitrogens with zero attached hydrogens (tertiary/aromatic N) is 1. The monoisotopic (exact) mass is 380 g/mol. The molecule has 2 aliphatic rings. The second-order valence-electron chi connectivity index (χ2n) is 7.89. The molecule has 1 N–H and O–H groups in total. The first-order valence-electron chi connectivity index (χ1n) is 10.2. The number of amides is 1. The summed E-state index contributed by atoms with van der Waals surface area (Å²) in [4.78, 5) is 15.0. The average Bonchev–Trinajstić information content (AvgIpc) is 2.72. The van der Waals surface area contributed by atoms with Gasteiger partial charge in [-0.15, -0.1) is 0 Å². The number of hydrogen-bond acceptors (Lipinski definition) is 4. The van der Waals surface area contributed by atoms with Gasteiger partial charge in [0.05, 0.1) is 6.54 Å². The van der Waals surface area contributed by atoms with Crippen LogP contribution >= 0.6 is 0 Å². The standard InChI is InChI=1S/C23H28N2O3/c1-17-5-4-12-25(14-17)15-18-8-10-19(11-9-18)23(26)24-13-20-16-27-21-6-2-3-7-22(21)28-20/h2-3,6-11,17,20H,4-5,12-16H2,1H3,(H,24,26)/t17-,20+/m0/s1. The Kier molecular flexibility index (Phi) is 5.81. The molecule has 148 valence electrons. The van der Waals surface area contributed by atoms with Crippen molar-refractivity contribution in [3.8, 4) is 11.5 Å². The van der Waals surface area contributed by atoms with E-state index in [1.54, 1.807) is 0 Å². The summed E-state index contributed by atoms with van der Waals surface area (Å²) in [5, 5.41) is 2.95. The number of benzene rings is 2. The van der Waals surface area contributed by atoms with Crippen LogP contribution in [-0.4, -0.2) is 43.2 Å². The van der Waals surface area contributed by atoms with Gasteiger partial charge in [0.1, 0.15) is 12.7 Å². The molecule has 5 nitrogen and oxygen atoms in total. The van der Waals surface area contributed by atoms with Crippen molar-refractivity contribution >= 4 is 5.91 Å². The predicted octanol–water partition coefficient (Wildman–Crippen LogP) is 3.49. The zero-order valence-electron chi connectivity index (χ0n) is 16.4. The van der Waals surface area contributed by atoms with Crippen LogP contribution in [0.3, 0.4) is 0 Å². The Bertz CT molecular complexity index is 806. The molecule has 0 bridgehead atoms. The highest BCUT2D eigenvalue weighted by atomic mass is 16.6. The van der Waals surface area contributed by atoms with Gasteiger partial charge in [0.25, 0.3) is 5.91 Å². The van der Waals surface area contributed by atoms with E-state index in [0.29, 0.717) is 18.7 Å². The number of likely N-dealkylation sites (tertiary alicyclic amines) is 1. The third kappa shape index (κ3) is 4.65. The summed E-state index contributed by atoms with van der Waals surface area (Å²) in [5.41, 5.74) is 1.93. The number of rotatable bonds is 5. The van der Waals surface area contributed by atoms with Crippen LogP contribution in [-0.2, 0) is 6.54 Å². The van der Waals surface area contributed by atoms with Crippen molar-refractivity contribution < 1.29 is 14.3 Å². The van der Waals surface area contributed by atoms with Crippen molar-refractivity contribution in [1.29, 1.82) is 0 Å². The Labute approximate surface area is 166 Å². The Balaban J connectivity index is 1.27. The van der Waals surface area contributed by atoms with Gasteiger partial charge in [0.2, 0.25) is 0 Å². The average molecular weight is 380 g/mol. The maximum Gasteiger partial charge on any atom is 0.251 e. The number of nitrogens with one attached hydrogen (secondary N) is 1. The van der Waals surface area contributed by atoms with Crippen LogP contribution in [0.1, 0.15) is 35.7 Å². The van der Waals surface area contributed by atoms with Crippen LogP contribution in [0.25, 0.3) is 0 Å². The fourth-order valence-electron chi connectivity index (χ4n) is 3.92. The number of hydrogen-bond donors (Lipinski definition) is 1. The number of fused-ring (bicyclic) bond motifs is 1. The molecule has 28 heavy (non-hydrogen) atoms. The van der Waals surface area contributed by atoms with E-state index in [-0.39, 0.29) is 12.0 Å². The molecule has 4 rings (SSSR count). The molecule has 0 saturated carbocycles. The zero-order valence-corrected chi connectivity index (χ0v) is 16.4. The van der Waals surface area contributed by atoms with Crippen LogP contribution < -0.4 is 14.8 Å². The van der Waals surface area contributed by atoms with E-state index >= 15 is 0 Å². The minimum atomic E-state index is -0.181. The van der Waals surface area contributed by atoms with E-state index in [1.165, 1.54) is 24.9 Å². The summed E-state index contributed by atoms with van der Waals surface area (Å²) in [6, 6.07) is 15.5. The van der Waals surface area contributed by atoms with E-state index in [0.717, 1.165) is 30.5 Å². The number of para-hydroxylation sites is 2. The predicted molar refractivity (Wildman–Crippen MR) is 109 cm³/mol. The van der Waals surface area contributed by atoms with Crippen LogP contribution in [0.5, 0.6) is 11.5 Å². The summed E-state index contributed by atoms with van der Waals surface area (Å²) in [5.74, 6) is 2.17. The molecule has 1 fully saturated rings. The molecule has 0 aliphatic carbocycles. The highest BCUT2D eigenvalue weighted by Gasteiger charge is 2.21. The number of carbonyl (C=O) groups is 1. The van der Waals surface area contributed by atoms with Crippen molar-refractivity contribution in [3.63, 3.8) is 0 Å². The first-order valence-corrected chi connectivity index (χ1v) is 10.2. The molecule has 1 amide bonds. The smallest absolute Gasteiger partial charge is 0.251 e. The summed E-state index contributed by atoms with van der Waals surface area (Å²) < 4.78 is 11.6. The van der Waals surface area contributed by atoms with Crippen LogP contribution in [0.4, 0.5) is 0 Å². The fourth-order valence-corrected chi connectivity index (χ4v) is 3.92. The van der Waals surface area contributed by atoms with Gasteiger partial charge in [-0.3, -0.25) is 9.69 Å². The molecule has 0 aromatic heterocycles. The van der Waals surface area contributed by atoms with Gasteiger partial charge in [0, 0.05) is 18.7 Å². The van der Waals surface area contributed by atoms with Crippen molar-refractivity contribution in [2.45, 2.75) is 32.4 Å². The molecule has 0 unspecified atom stereocenters. The molecular formula is C23H28N2O3. The lowest BCUT2D eigenvalue weighted by molar-refractivity contribution is 0.0789. The third-order valence-corrected chi connectivity index (χ3v) is 5.42. The van der Waals surface area contributed by atoms with E-state index in [4.69, 9.17) is 9.47 Å². The Morgan fingerprint density at radius 3 is 2.71 bits per heavy atom. The molecule has 2 atom stereocenters. The van der Waals surface area contributed by atoms with E-state index in [1.807, 2.05) is 36.4 Å². The molecule has 2 aromatic rings. The van der Waals surface area contributed by atoms with Crippen LogP contribution in [0.15, 0.2) is 48.5 Å². The molecule has 5 heteroatoms. The largest absolute Gasteiger partial charge is 0.486 e. The second-order valence-corrected chi connectivity index (χ2v) is 7.89. The summed E-state index contributed by atoms with van der Waals surface area (Å²) >= 11 is 0. The zero-order chi connectivity index (χ0) is 19.3. The number of piperidine rings is 1. The van der Waals surface area contributed by atoms with Crippen LogP contribution in [0, 0.1) is 5.92 Å². The molecule has 0 radical (unpaired) electrons. The van der Waals surface area contributed by atoms with Gasteiger partial charge in [-0.05, 0) is 55.1 Å². The second kappa shape index (κ2) is 8.65. The highest BCUT2D eigenvalue weighted by Crippen LogP contribution is 2.30. The molecular weight excluding hydrogens is 352 g/mol. The van der Waals surface area contributed by atoms with Crippen LogP contribution in [0.2, 0.25) is 0 Å². The quantitative estimate of drug-likeness (QED) is 0.863. The minimum Gasteiger partial charge on any atom is -0.486 e. The van der Waals surface area contributed by atoms with Crippen molar-refractivity contribution in [1.82, 2.24) is 10.2 Å². The Morgan fingerprint density at radius 1 is 1.14 bits per heavy atom. The lowest BCUT2D eigenvalue weighted by Crippen LogP contribution is -2.40. The van der Waals surface area contributed by atoms with Gasteiger partial charge in [-0.1, -0.05) is 31.2 Å². The molecule has 2 aliphatic heterocycles. The summed E-state index contributed by atoms with van der Waals surface area (Å²) in [7, 11) is 0. The Morgan fingerprint density at radius 2 is 1.93 bits per heavy atom. The van der Waals surface area contributed by atoms with Crippen molar-refractivity contribution in [2.24, 2.45) is 5.92 Å². The SMILES string of the molecule is C[C@H]1CCCN(Cc2ccc(C(=O)NC[C@@H]3COc4ccccc4O3)cc2)C1. The molecule has 1 saturated heterocycles. The minimum absolute atomic E-state index is 0.0828. The molecule has 2 aromatic carbocycles. The third-order valence-electron chi connectivity index (χ3n) is 5.42. The van der Waals surface area contributed by atoms with Crippen molar-refractivity contribution in [2.75, 3.05) is 26.2 Å². The van der Waals surface area contributed by atoms with E-state index in [9.17, 15) is 4.79 Å². The maximum absolute atomic E-state index is 12.5. The fraction of sp³-hybridized carbons (Fsp3) is 0.435. The summed E-state index contributed by atoms with van der Waals surface area (Å²) in [6.45, 7) is 6.46. The van der Waals surface area contributed by atoms with Gasteiger partial charge >= 0.3 is 0 Å². The van der Waals surface area contributed by atoms with Gasteiger partial charge in [0.15, 0.2) is 11.5 Å². The summed E-state index contributed by atoms with van der Waals surface area (Å²) in [6.07, 6.45) is 2.43.